The van der Waals surface area contributed by atoms with E-state index in [-0.39, 0.29) is 23.8 Å². The maximum Gasteiger partial charge on any atom is 0.251 e. The quantitative estimate of drug-likeness (QED) is 0.629. The van der Waals surface area contributed by atoms with E-state index >= 15 is 0 Å². The molecule has 0 spiro atoms. The second-order valence-corrected chi connectivity index (χ2v) is 8.84. The fraction of sp³-hybridized carbons (Fsp3) is 0.320. The van der Waals surface area contributed by atoms with Crippen LogP contribution in [0.15, 0.2) is 54.6 Å². The number of aromatic nitrogens is 2. The third kappa shape index (κ3) is 5.81. The number of anilines is 1. The molecule has 0 radical (unpaired) electrons. The number of carbonyl (C=O) groups is 2. The summed E-state index contributed by atoms with van der Waals surface area (Å²) in [6, 6.07) is 17.4. The second-order valence-electron chi connectivity index (χ2n) is 8.84. The van der Waals surface area contributed by atoms with E-state index in [1.54, 1.807) is 10.7 Å². The van der Waals surface area contributed by atoms with E-state index in [2.05, 4.69) is 31.4 Å². The standard InChI is InChI=1S/C25H30N4O2/c1-17-11-12-20(13-18(17)2)24(31)26-15-23(30)27-22-14-21(25(3,4)5)28-29(22)16-19-9-7-6-8-10-19/h6-14H,15-16H2,1-5H3,(H,26,31)(H,27,30). The van der Waals surface area contributed by atoms with Gasteiger partial charge in [-0.1, -0.05) is 57.2 Å². The topological polar surface area (TPSA) is 76.0 Å². The molecule has 2 N–H and O–H groups in total. The summed E-state index contributed by atoms with van der Waals surface area (Å²) in [5.41, 5.74) is 4.52. The Hall–Kier alpha value is -3.41. The zero-order valence-corrected chi connectivity index (χ0v) is 18.8. The second kappa shape index (κ2) is 9.16. The summed E-state index contributed by atoms with van der Waals surface area (Å²) in [7, 11) is 0. The van der Waals surface area contributed by atoms with Gasteiger partial charge in [0.05, 0.1) is 18.8 Å². The molecule has 0 unspecified atom stereocenters. The third-order valence-electron chi connectivity index (χ3n) is 5.17. The van der Waals surface area contributed by atoms with Gasteiger partial charge >= 0.3 is 0 Å². The van der Waals surface area contributed by atoms with Crippen molar-refractivity contribution in [2.75, 3.05) is 11.9 Å². The van der Waals surface area contributed by atoms with Gasteiger partial charge in [-0.05, 0) is 42.7 Å². The number of rotatable bonds is 6. The van der Waals surface area contributed by atoms with Gasteiger partial charge in [-0.2, -0.15) is 5.10 Å². The molecule has 6 nitrogen and oxygen atoms in total. The van der Waals surface area contributed by atoms with E-state index in [9.17, 15) is 9.59 Å². The van der Waals surface area contributed by atoms with Crippen molar-refractivity contribution in [3.63, 3.8) is 0 Å². The molecule has 6 heteroatoms. The average Bonchev–Trinajstić information content (AvgIpc) is 3.11. The zero-order chi connectivity index (χ0) is 22.6. The van der Waals surface area contributed by atoms with Gasteiger partial charge in [-0.3, -0.25) is 9.59 Å². The molecule has 0 saturated heterocycles. The molecule has 0 atom stereocenters. The molecule has 31 heavy (non-hydrogen) atoms. The number of amides is 2. The van der Waals surface area contributed by atoms with Crippen LogP contribution in [0.25, 0.3) is 0 Å². The van der Waals surface area contributed by atoms with E-state index < -0.39 is 0 Å². The summed E-state index contributed by atoms with van der Waals surface area (Å²) in [5, 5.41) is 10.3. The number of hydrogen-bond acceptors (Lipinski definition) is 3. The molecule has 3 rings (SSSR count). The Morgan fingerprint density at radius 1 is 0.968 bits per heavy atom. The van der Waals surface area contributed by atoms with Crippen molar-refractivity contribution >= 4 is 17.6 Å². The predicted molar refractivity (Wildman–Crippen MR) is 123 cm³/mol. The van der Waals surface area contributed by atoms with Gasteiger partial charge in [0.2, 0.25) is 5.91 Å². The van der Waals surface area contributed by atoms with Gasteiger partial charge in [0.15, 0.2) is 0 Å². The maximum absolute atomic E-state index is 12.6. The zero-order valence-electron chi connectivity index (χ0n) is 18.8. The number of benzene rings is 2. The molecule has 0 bridgehead atoms. The van der Waals surface area contributed by atoms with Crippen molar-refractivity contribution in [2.45, 2.75) is 46.6 Å². The molecule has 162 valence electrons. The van der Waals surface area contributed by atoms with Gasteiger partial charge < -0.3 is 10.6 Å². The summed E-state index contributed by atoms with van der Waals surface area (Å²) in [6.45, 7) is 10.6. The Kier molecular flexibility index (Phi) is 6.59. The van der Waals surface area contributed by atoms with Crippen LogP contribution in [0.3, 0.4) is 0 Å². The van der Waals surface area contributed by atoms with Crippen LogP contribution in [-0.2, 0) is 16.8 Å². The molecule has 0 aliphatic heterocycles. The molecule has 0 aliphatic rings. The predicted octanol–water partition coefficient (Wildman–Crippen LogP) is 4.21. The summed E-state index contributed by atoms with van der Waals surface area (Å²) in [4.78, 5) is 25.0. The molecule has 0 saturated carbocycles. The molecule has 3 aromatic rings. The van der Waals surface area contributed by atoms with Crippen LogP contribution in [0, 0.1) is 13.8 Å². The minimum atomic E-state index is -0.299. The minimum Gasteiger partial charge on any atom is -0.343 e. The fourth-order valence-corrected chi connectivity index (χ4v) is 3.09. The van der Waals surface area contributed by atoms with E-state index in [4.69, 9.17) is 5.10 Å². The normalized spacial score (nSPS) is 11.3. The SMILES string of the molecule is Cc1ccc(C(=O)NCC(=O)Nc2cc(C(C)(C)C)nn2Cc2ccccc2)cc1C. The van der Waals surface area contributed by atoms with Crippen molar-refractivity contribution in [3.05, 3.63) is 82.5 Å². The van der Waals surface area contributed by atoms with Crippen molar-refractivity contribution < 1.29 is 9.59 Å². The Bertz CT molecular complexity index is 1080. The van der Waals surface area contributed by atoms with Crippen molar-refractivity contribution in [3.8, 4) is 0 Å². The number of hydrogen-bond donors (Lipinski definition) is 2. The smallest absolute Gasteiger partial charge is 0.251 e. The Balaban J connectivity index is 1.70. The lowest BCUT2D eigenvalue weighted by Crippen LogP contribution is -2.33. The molecule has 0 fully saturated rings. The van der Waals surface area contributed by atoms with Crippen LogP contribution >= 0.6 is 0 Å². The first-order valence-electron chi connectivity index (χ1n) is 10.4. The first kappa shape index (κ1) is 22.3. The summed E-state index contributed by atoms with van der Waals surface area (Å²) < 4.78 is 1.79. The lowest BCUT2D eigenvalue weighted by molar-refractivity contribution is -0.115. The Morgan fingerprint density at radius 3 is 2.32 bits per heavy atom. The van der Waals surface area contributed by atoms with Crippen LogP contribution in [0.2, 0.25) is 0 Å². The van der Waals surface area contributed by atoms with Gasteiger partial charge in [0.25, 0.3) is 5.91 Å². The van der Waals surface area contributed by atoms with Crippen LogP contribution in [-0.4, -0.2) is 28.1 Å². The van der Waals surface area contributed by atoms with Crippen LogP contribution in [0.1, 0.15) is 53.5 Å². The molecule has 2 amide bonds. The first-order chi connectivity index (χ1) is 14.6. The first-order valence-corrected chi connectivity index (χ1v) is 10.4. The van der Waals surface area contributed by atoms with Crippen molar-refractivity contribution in [1.29, 1.82) is 0 Å². The largest absolute Gasteiger partial charge is 0.343 e. The highest BCUT2D eigenvalue weighted by Crippen LogP contribution is 2.24. The highest BCUT2D eigenvalue weighted by Gasteiger charge is 2.21. The van der Waals surface area contributed by atoms with Crippen LogP contribution in [0.4, 0.5) is 5.82 Å². The van der Waals surface area contributed by atoms with Crippen LogP contribution < -0.4 is 10.6 Å². The molecular formula is C25H30N4O2. The van der Waals surface area contributed by atoms with Gasteiger partial charge in [0, 0.05) is 17.0 Å². The molecule has 2 aromatic carbocycles. The molecular weight excluding hydrogens is 388 g/mol. The highest BCUT2D eigenvalue weighted by atomic mass is 16.2. The monoisotopic (exact) mass is 418 g/mol. The van der Waals surface area contributed by atoms with Crippen LogP contribution in [0.5, 0.6) is 0 Å². The molecule has 1 heterocycles. The van der Waals surface area contributed by atoms with Crippen molar-refractivity contribution in [2.24, 2.45) is 0 Å². The molecule has 0 aliphatic carbocycles. The van der Waals surface area contributed by atoms with E-state index in [0.717, 1.165) is 22.4 Å². The average molecular weight is 419 g/mol. The Morgan fingerprint density at radius 2 is 1.68 bits per heavy atom. The maximum atomic E-state index is 12.6. The van der Waals surface area contributed by atoms with Gasteiger partial charge in [0.1, 0.15) is 5.82 Å². The number of nitrogens with one attached hydrogen (secondary N) is 2. The fourth-order valence-electron chi connectivity index (χ4n) is 3.09. The lowest BCUT2D eigenvalue weighted by Gasteiger charge is -2.14. The van der Waals surface area contributed by atoms with E-state index in [0.29, 0.717) is 17.9 Å². The van der Waals surface area contributed by atoms with E-state index in [1.807, 2.05) is 62.4 Å². The minimum absolute atomic E-state index is 0.118. The van der Waals surface area contributed by atoms with Gasteiger partial charge in [-0.25, -0.2) is 4.68 Å². The number of carbonyl (C=O) groups excluding carboxylic acids is 2. The number of nitrogens with zero attached hydrogens (tertiary/aromatic N) is 2. The lowest BCUT2D eigenvalue weighted by atomic mass is 9.92. The summed E-state index contributed by atoms with van der Waals surface area (Å²) in [6.07, 6.45) is 0. The summed E-state index contributed by atoms with van der Waals surface area (Å²) >= 11 is 0. The van der Waals surface area contributed by atoms with Gasteiger partial charge in [-0.15, -0.1) is 0 Å². The van der Waals surface area contributed by atoms with Crippen molar-refractivity contribution in [1.82, 2.24) is 15.1 Å². The Labute approximate surface area is 183 Å². The highest BCUT2D eigenvalue weighted by molar-refractivity contribution is 5.99. The number of aryl methyl sites for hydroxylation is 2. The van der Waals surface area contributed by atoms with E-state index in [1.165, 1.54) is 0 Å². The summed E-state index contributed by atoms with van der Waals surface area (Å²) in [5.74, 6) is 0.0393. The third-order valence-corrected chi connectivity index (χ3v) is 5.17. The molecule has 1 aromatic heterocycles.